The zero-order valence-electron chi connectivity index (χ0n) is 18.4. The van der Waals surface area contributed by atoms with Crippen molar-refractivity contribution in [1.29, 1.82) is 5.26 Å². The minimum absolute atomic E-state index is 0.0964. The average molecular weight is 567 g/mol. The fourth-order valence-electron chi connectivity index (χ4n) is 3.55. The highest BCUT2D eigenvalue weighted by molar-refractivity contribution is 9.10. The molecule has 1 fully saturated rings. The first-order valence-electron chi connectivity index (χ1n) is 10.5. The summed E-state index contributed by atoms with van der Waals surface area (Å²) in [5.41, 5.74) is 0.887. The Kier molecular flexibility index (Phi) is 7.47. The molecule has 1 unspecified atom stereocenters. The summed E-state index contributed by atoms with van der Waals surface area (Å²) >= 11 is 4.32. The van der Waals surface area contributed by atoms with Gasteiger partial charge in [0.2, 0.25) is 5.91 Å². The quantitative estimate of drug-likeness (QED) is 0.180. The van der Waals surface area contributed by atoms with Crippen LogP contribution in [0.3, 0.4) is 0 Å². The van der Waals surface area contributed by atoms with Crippen molar-refractivity contribution in [1.82, 2.24) is 0 Å². The van der Waals surface area contributed by atoms with E-state index in [1.165, 1.54) is 47.4 Å². The second-order valence-corrected chi connectivity index (χ2v) is 9.75. The van der Waals surface area contributed by atoms with Gasteiger partial charge in [0.25, 0.3) is 11.6 Å². The summed E-state index contributed by atoms with van der Waals surface area (Å²) in [6, 6.07) is 19.7. The summed E-state index contributed by atoms with van der Waals surface area (Å²) in [6.45, 7) is 0. The van der Waals surface area contributed by atoms with Crippen molar-refractivity contribution in [2.24, 2.45) is 0 Å². The number of rotatable bonds is 6. The van der Waals surface area contributed by atoms with Crippen LogP contribution in [0.4, 0.5) is 21.5 Å². The third-order valence-electron chi connectivity index (χ3n) is 5.23. The molecule has 0 spiro atoms. The van der Waals surface area contributed by atoms with Gasteiger partial charge in [0, 0.05) is 28.0 Å². The molecular weight excluding hydrogens is 551 g/mol. The number of thioether (sulfide) groups is 1. The van der Waals surface area contributed by atoms with Gasteiger partial charge < -0.3 is 5.32 Å². The second kappa shape index (κ2) is 10.7. The number of anilines is 2. The molecule has 3 aromatic rings. The zero-order chi connectivity index (χ0) is 25.8. The van der Waals surface area contributed by atoms with Gasteiger partial charge in [-0.3, -0.25) is 24.6 Å². The van der Waals surface area contributed by atoms with E-state index in [0.29, 0.717) is 11.3 Å². The Bertz CT molecular complexity index is 1420. The van der Waals surface area contributed by atoms with E-state index in [4.69, 9.17) is 0 Å². The summed E-state index contributed by atoms with van der Waals surface area (Å²) in [7, 11) is 0. The maximum absolute atomic E-state index is 13.6. The van der Waals surface area contributed by atoms with E-state index >= 15 is 0 Å². The lowest BCUT2D eigenvalue weighted by Gasteiger charge is -2.18. The number of carbonyl (C=O) groups excluding carboxylic acids is 2. The summed E-state index contributed by atoms with van der Waals surface area (Å²) in [6.07, 6.45) is 0.124. The standard InChI is InChI=1S/C25H16BrFN4O4S/c26-16-4-8-18(9-5-16)29-23(32)21(14-28)25-30(19-10-6-17(27)7-11-19)24(33)22(36-25)13-15-2-1-3-20(12-15)31(34)35/h1-12,22H,13H2,(H,29,32)/b25-21-. The molecule has 4 rings (SSSR count). The molecule has 8 nitrogen and oxygen atoms in total. The van der Waals surface area contributed by atoms with Crippen LogP contribution in [0.25, 0.3) is 0 Å². The number of halogens is 2. The van der Waals surface area contributed by atoms with Crippen LogP contribution in [0.15, 0.2) is 87.9 Å². The number of amides is 2. The van der Waals surface area contributed by atoms with Gasteiger partial charge in [0.1, 0.15) is 22.5 Å². The Labute approximate surface area is 217 Å². The van der Waals surface area contributed by atoms with Crippen LogP contribution < -0.4 is 10.2 Å². The number of hydrogen-bond donors (Lipinski definition) is 1. The van der Waals surface area contributed by atoms with Crippen molar-refractivity contribution >= 4 is 56.6 Å². The van der Waals surface area contributed by atoms with Gasteiger partial charge in [-0.25, -0.2) is 4.39 Å². The highest BCUT2D eigenvalue weighted by atomic mass is 79.9. The SMILES string of the molecule is N#C/C(C(=O)Nc1ccc(Br)cc1)=C1/SC(Cc2cccc([N+](=O)[O-])c2)C(=O)N1c1ccc(F)cc1. The van der Waals surface area contributed by atoms with Crippen LogP contribution in [0.5, 0.6) is 0 Å². The van der Waals surface area contributed by atoms with E-state index in [1.807, 2.05) is 6.07 Å². The molecule has 2 amide bonds. The molecule has 1 N–H and O–H groups in total. The van der Waals surface area contributed by atoms with Crippen molar-refractivity contribution in [3.63, 3.8) is 0 Å². The third-order valence-corrected chi connectivity index (χ3v) is 7.03. The number of carbonyl (C=O) groups is 2. The average Bonchev–Trinajstić information content (AvgIpc) is 3.17. The number of non-ortho nitro benzene ring substituents is 1. The number of nitro groups is 1. The molecule has 11 heteroatoms. The minimum Gasteiger partial charge on any atom is -0.321 e. The first-order chi connectivity index (χ1) is 17.3. The van der Waals surface area contributed by atoms with Crippen LogP contribution in [0.1, 0.15) is 5.56 Å². The number of nitrogens with zero attached hydrogens (tertiary/aromatic N) is 3. The fraction of sp³-hybridized carbons (Fsp3) is 0.0800. The Balaban J connectivity index is 1.72. The van der Waals surface area contributed by atoms with E-state index in [-0.39, 0.29) is 28.4 Å². The highest BCUT2D eigenvalue weighted by Crippen LogP contribution is 2.42. The molecule has 3 aromatic carbocycles. The van der Waals surface area contributed by atoms with Gasteiger partial charge in [0.15, 0.2) is 0 Å². The van der Waals surface area contributed by atoms with Crippen LogP contribution in [0, 0.1) is 27.3 Å². The molecule has 0 bridgehead atoms. The predicted octanol–water partition coefficient (Wildman–Crippen LogP) is 5.56. The Morgan fingerprint density at radius 3 is 2.50 bits per heavy atom. The molecule has 0 aliphatic carbocycles. The molecule has 1 heterocycles. The lowest BCUT2D eigenvalue weighted by Crippen LogP contribution is -2.31. The predicted molar refractivity (Wildman–Crippen MR) is 137 cm³/mol. The van der Waals surface area contributed by atoms with Crippen LogP contribution in [-0.4, -0.2) is 22.0 Å². The molecule has 1 atom stereocenters. The van der Waals surface area contributed by atoms with Crippen LogP contribution in [0.2, 0.25) is 0 Å². The molecule has 36 heavy (non-hydrogen) atoms. The van der Waals surface area contributed by atoms with E-state index in [0.717, 1.165) is 16.2 Å². The number of nitrogens with one attached hydrogen (secondary N) is 1. The monoisotopic (exact) mass is 566 g/mol. The highest BCUT2D eigenvalue weighted by Gasteiger charge is 2.41. The number of nitro benzene ring substituents is 1. The van der Waals surface area contributed by atoms with E-state index in [1.54, 1.807) is 30.3 Å². The van der Waals surface area contributed by atoms with Crippen LogP contribution >= 0.6 is 27.7 Å². The molecule has 0 aromatic heterocycles. The van der Waals surface area contributed by atoms with Gasteiger partial charge in [0.05, 0.1) is 10.2 Å². The molecule has 1 aliphatic heterocycles. The molecule has 1 aliphatic rings. The lowest BCUT2D eigenvalue weighted by atomic mass is 10.1. The van der Waals surface area contributed by atoms with Gasteiger partial charge in [-0.15, -0.1) is 0 Å². The van der Waals surface area contributed by atoms with Gasteiger partial charge >= 0.3 is 0 Å². The second-order valence-electron chi connectivity index (χ2n) is 7.64. The summed E-state index contributed by atoms with van der Waals surface area (Å²) < 4.78 is 14.4. The van der Waals surface area contributed by atoms with E-state index in [2.05, 4.69) is 21.2 Å². The lowest BCUT2D eigenvalue weighted by molar-refractivity contribution is -0.384. The summed E-state index contributed by atoms with van der Waals surface area (Å²) in [5, 5.41) is 23.0. The molecule has 0 saturated carbocycles. The van der Waals surface area contributed by atoms with Crippen molar-refractivity contribution in [2.75, 3.05) is 10.2 Å². The van der Waals surface area contributed by atoms with Crippen molar-refractivity contribution < 1.29 is 18.9 Å². The van der Waals surface area contributed by atoms with Crippen molar-refractivity contribution in [3.05, 3.63) is 109 Å². The molecule has 1 saturated heterocycles. The van der Waals surface area contributed by atoms with Gasteiger partial charge in [-0.05, 0) is 60.5 Å². The topological polar surface area (TPSA) is 116 Å². The number of hydrogen-bond acceptors (Lipinski definition) is 6. The van der Waals surface area contributed by atoms with Crippen molar-refractivity contribution in [3.8, 4) is 6.07 Å². The van der Waals surface area contributed by atoms with E-state index < -0.39 is 27.8 Å². The Hall–Kier alpha value is -4.01. The van der Waals surface area contributed by atoms with Gasteiger partial charge in [-0.1, -0.05) is 39.8 Å². The largest absolute Gasteiger partial charge is 0.321 e. The maximum Gasteiger partial charge on any atom is 0.269 e. The first-order valence-corrected chi connectivity index (χ1v) is 12.1. The zero-order valence-corrected chi connectivity index (χ0v) is 20.8. The first kappa shape index (κ1) is 25.1. The van der Waals surface area contributed by atoms with Gasteiger partial charge in [-0.2, -0.15) is 5.26 Å². The van der Waals surface area contributed by atoms with E-state index in [9.17, 15) is 29.4 Å². The molecule has 180 valence electrons. The Morgan fingerprint density at radius 2 is 1.86 bits per heavy atom. The normalized spacial score (nSPS) is 16.4. The molecule has 0 radical (unpaired) electrons. The minimum atomic E-state index is -0.768. The summed E-state index contributed by atoms with van der Waals surface area (Å²) in [4.78, 5) is 38.3. The van der Waals surface area contributed by atoms with Crippen molar-refractivity contribution in [2.45, 2.75) is 11.7 Å². The fourth-order valence-corrected chi connectivity index (χ4v) is 5.12. The summed E-state index contributed by atoms with van der Waals surface area (Å²) in [5.74, 6) is -1.65. The van der Waals surface area contributed by atoms with Crippen LogP contribution in [-0.2, 0) is 16.0 Å². The smallest absolute Gasteiger partial charge is 0.269 e. The number of nitriles is 1. The maximum atomic E-state index is 13.6. The number of benzene rings is 3. The molecular formula is C25H16BrFN4O4S. The Morgan fingerprint density at radius 1 is 1.17 bits per heavy atom. The third kappa shape index (κ3) is 5.45.